The molecule has 0 spiro atoms. The number of quaternary nitrogens is 1. The van der Waals surface area contributed by atoms with Crippen LogP contribution in [0.2, 0.25) is 0 Å². The lowest BCUT2D eigenvalue weighted by atomic mass is 9.78. The Morgan fingerprint density at radius 3 is 2.79 bits per heavy atom. The molecule has 2 rings (SSSR count). The number of rotatable bonds is 3. The Kier molecular flexibility index (Phi) is 4.11. The molecule has 1 fully saturated rings. The average Bonchev–Trinajstić information content (AvgIpc) is 2.40. The van der Waals surface area contributed by atoms with Crippen molar-refractivity contribution < 1.29 is 14.0 Å². The molecule has 0 bridgehead atoms. The van der Waals surface area contributed by atoms with E-state index < -0.39 is 5.41 Å². The minimum absolute atomic E-state index is 0.0940. The van der Waals surface area contributed by atoms with E-state index in [4.69, 9.17) is 4.74 Å². The lowest BCUT2D eigenvalue weighted by molar-refractivity contribution is -0.879. The van der Waals surface area contributed by atoms with Gasteiger partial charge in [-0.3, -0.25) is 9.28 Å². The monoisotopic (exact) mass is 265 g/mol. The third kappa shape index (κ3) is 2.60. The maximum atomic E-state index is 12.4. The zero-order valence-electron chi connectivity index (χ0n) is 12.2. The molecule has 106 valence electrons. The summed E-state index contributed by atoms with van der Waals surface area (Å²) >= 11 is 0. The van der Waals surface area contributed by atoms with Gasteiger partial charge >= 0.3 is 5.97 Å². The minimum Gasteiger partial charge on any atom is -0.465 e. The first kappa shape index (κ1) is 14.3. The topological polar surface area (TPSA) is 38.3 Å². The molecule has 0 amide bonds. The summed E-state index contributed by atoms with van der Waals surface area (Å²) in [5.41, 5.74) is 0.673. The Morgan fingerprint density at radius 1 is 1.47 bits per heavy atom. The van der Waals surface area contributed by atoms with Gasteiger partial charge in [-0.1, -0.05) is 12.2 Å². The number of hydrogen-bond donors (Lipinski definition) is 1. The Labute approximate surface area is 115 Å². The van der Waals surface area contributed by atoms with Crippen LogP contribution < -0.4 is 5.32 Å². The van der Waals surface area contributed by atoms with Gasteiger partial charge in [0, 0.05) is 13.1 Å². The van der Waals surface area contributed by atoms with Crippen molar-refractivity contribution in [2.75, 3.05) is 39.8 Å². The third-order valence-corrected chi connectivity index (χ3v) is 4.35. The van der Waals surface area contributed by atoms with E-state index in [1.54, 1.807) is 0 Å². The van der Waals surface area contributed by atoms with Gasteiger partial charge < -0.3 is 10.1 Å². The fourth-order valence-corrected chi connectivity index (χ4v) is 3.13. The summed E-state index contributed by atoms with van der Waals surface area (Å²) in [7, 11) is 2.23. The van der Waals surface area contributed by atoms with Gasteiger partial charge in [0.1, 0.15) is 11.1 Å². The van der Waals surface area contributed by atoms with Crippen molar-refractivity contribution in [1.82, 2.24) is 5.32 Å². The minimum atomic E-state index is -0.517. The first-order valence-corrected chi connectivity index (χ1v) is 7.13. The van der Waals surface area contributed by atoms with E-state index in [9.17, 15) is 4.79 Å². The predicted octanol–water partition coefficient (Wildman–Crippen LogP) is 1.45. The number of nitrogens with one attached hydrogen (secondary N) is 1. The van der Waals surface area contributed by atoms with Crippen LogP contribution in [0.1, 0.15) is 20.3 Å². The summed E-state index contributed by atoms with van der Waals surface area (Å²) in [6, 6.07) is 0. The molecule has 19 heavy (non-hydrogen) atoms. The van der Waals surface area contributed by atoms with Crippen molar-refractivity contribution in [3.63, 3.8) is 0 Å². The van der Waals surface area contributed by atoms with Gasteiger partial charge in [0.15, 0.2) is 0 Å². The van der Waals surface area contributed by atoms with Crippen LogP contribution in [0, 0.1) is 5.41 Å². The number of nitrogens with zero attached hydrogens (tertiary/aromatic N) is 1. The van der Waals surface area contributed by atoms with Gasteiger partial charge in [-0.2, -0.15) is 0 Å². The van der Waals surface area contributed by atoms with Gasteiger partial charge in [0.2, 0.25) is 0 Å². The van der Waals surface area contributed by atoms with E-state index in [1.165, 1.54) is 5.70 Å². The second-order valence-electron chi connectivity index (χ2n) is 5.83. The van der Waals surface area contributed by atoms with Gasteiger partial charge in [-0.05, 0) is 26.3 Å². The lowest BCUT2D eigenvalue weighted by Crippen LogP contribution is -2.59. The zero-order valence-corrected chi connectivity index (χ0v) is 12.2. The highest BCUT2D eigenvalue weighted by Crippen LogP contribution is 2.40. The van der Waals surface area contributed by atoms with Crippen LogP contribution in [0.25, 0.3) is 0 Å². The molecule has 1 N–H and O–H groups in total. The molecule has 0 aromatic carbocycles. The number of carbonyl (C=O) groups is 1. The van der Waals surface area contributed by atoms with Gasteiger partial charge in [-0.25, -0.2) is 0 Å². The highest BCUT2D eigenvalue weighted by atomic mass is 16.5. The summed E-state index contributed by atoms with van der Waals surface area (Å²) < 4.78 is 6.15. The third-order valence-electron chi connectivity index (χ3n) is 4.35. The quantitative estimate of drug-likeness (QED) is 0.620. The molecule has 1 aliphatic heterocycles. The van der Waals surface area contributed by atoms with E-state index in [0.29, 0.717) is 6.61 Å². The largest absolute Gasteiger partial charge is 0.465 e. The first-order chi connectivity index (χ1) is 9.03. The first-order valence-electron chi connectivity index (χ1n) is 7.13. The van der Waals surface area contributed by atoms with Gasteiger partial charge in [0.25, 0.3) is 0 Å². The fraction of sp³-hybridized carbons (Fsp3) is 0.667. The number of allylic oxidation sites excluding steroid dienone is 3. The molecule has 1 atom stereocenters. The van der Waals surface area contributed by atoms with Crippen molar-refractivity contribution in [3.8, 4) is 0 Å². The Balaban J connectivity index is 2.31. The van der Waals surface area contributed by atoms with Crippen LogP contribution in [0.5, 0.6) is 0 Å². The molecular weight excluding hydrogens is 240 g/mol. The summed E-state index contributed by atoms with van der Waals surface area (Å²) in [4.78, 5) is 12.4. The lowest BCUT2D eigenvalue weighted by Gasteiger charge is -2.45. The summed E-state index contributed by atoms with van der Waals surface area (Å²) in [6.45, 7) is 8.36. The summed E-state index contributed by atoms with van der Waals surface area (Å²) in [5.74, 6) is -0.0940. The van der Waals surface area contributed by atoms with Crippen molar-refractivity contribution in [2.45, 2.75) is 20.3 Å². The highest BCUT2D eigenvalue weighted by Gasteiger charge is 2.48. The average molecular weight is 265 g/mol. The molecule has 4 heteroatoms. The normalized spacial score (nSPS) is 29.7. The number of piperazine rings is 1. The van der Waals surface area contributed by atoms with Crippen molar-refractivity contribution in [3.05, 3.63) is 23.9 Å². The van der Waals surface area contributed by atoms with Crippen molar-refractivity contribution in [2.24, 2.45) is 5.41 Å². The van der Waals surface area contributed by atoms with E-state index in [1.807, 2.05) is 13.8 Å². The SMILES string of the molecule is CCOC(=O)C1(C)CC=CC=C1[N+]1(C)CCNCC1. The zero-order chi connectivity index (χ0) is 13.9. The number of hydrogen-bond acceptors (Lipinski definition) is 3. The Hall–Kier alpha value is -1.13. The maximum absolute atomic E-state index is 12.4. The predicted molar refractivity (Wildman–Crippen MR) is 75.4 cm³/mol. The number of esters is 1. The number of carbonyl (C=O) groups excluding carboxylic acids is 1. The van der Waals surface area contributed by atoms with Crippen molar-refractivity contribution >= 4 is 5.97 Å². The molecule has 1 aliphatic carbocycles. The molecule has 0 radical (unpaired) electrons. The number of ether oxygens (including phenoxy) is 1. The van der Waals surface area contributed by atoms with Gasteiger partial charge in [0.05, 0.1) is 26.7 Å². The van der Waals surface area contributed by atoms with Crippen LogP contribution in [-0.4, -0.2) is 50.3 Å². The standard InChI is InChI=1S/C15H25N2O2/c1-4-19-14(18)15(2)8-6-5-7-13(15)17(3)11-9-16-10-12-17/h5-7,16H,4,8-12H2,1-3H3/q+1. The Morgan fingerprint density at radius 2 is 2.16 bits per heavy atom. The van der Waals surface area contributed by atoms with Crippen LogP contribution in [0.3, 0.4) is 0 Å². The number of likely N-dealkylation sites (N-methyl/N-ethyl adjacent to an activating group) is 1. The van der Waals surface area contributed by atoms with Crippen LogP contribution in [-0.2, 0) is 9.53 Å². The molecule has 1 heterocycles. The van der Waals surface area contributed by atoms with E-state index in [2.05, 4.69) is 30.6 Å². The molecule has 0 aromatic rings. The fourth-order valence-electron chi connectivity index (χ4n) is 3.13. The molecular formula is C15H25N2O2+. The van der Waals surface area contributed by atoms with E-state index in [-0.39, 0.29) is 5.97 Å². The molecule has 2 aliphatic rings. The molecule has 0 aromatic heterocycles. The van der Waals surface area contributed by atoms with Gasteiger partial charge in [-0.15, -0.1) is 0 Å². The molecule has 1 unspecified atom stereocenters. The Bertz CT molecular complexity index is 408. The smallest absolute Gasteiger partial charge is 0.322 e. The van der Waals surface area contributed by atoms with Crippen LogP contribution in [0.4, 0.5) is 0 Å². The van der Waals surface area contributed by atoms with E-state index in [0.717, 1.165) is 37.1 Å². The van der Waals surface area contributed by atoms with Crippen LogP contribution >= 0.6 is 0 Å². The highest BCUT2D eigenvalue weighted by molar-refractivity contribution is 5.80. The second kappa shape index (κ2) is 5.47. The van der Waals surface area contributed by atoms with Crippen LogP contribution in [0.15, 0.2) is 23.9 Å². The molecule has 0 saturated carbocycles. The second-order valence-corrected chi connectivity index (χ2v) is 5.83. The van der Waals surface area contributed by atoms with E-state index >= 15 is 0 Å². The summed E-state index contributed by atoms with van der Waals surface area (Å²) in [5, 5.41) is 3.38. The molecule has 1 saturated heterocycles. The maximum Gasteiger partial charge on any atom is 0.322 e. The molecule has 4 nitrogen and oxygen atoms in total. The van der Waals surface area contributed by atoms with Crippen molar-refractivity contribution in [1.29, 1.82) is 0 Å². The summed E-state index contributed by atoms with van der Waals surface area (Å²) in [6.07, 6.45) is 6.99.